The number of carbonyl (C=O) groups is 1. The number of carbonyl (C=O) groups excluding carboxylic acids is 1. The minimum Gasteiger partial charge on any atom is -0.355 e. The first-order valence-electron chi connectivity index (χ1n) is 10.2. The number of amides is 1. The molecule has 0 radical (unpaired) electrons. The van der Waals surface area contributed by atoms with Gasteiger partial charge in [0.25, 0.3) is 0 Å². The molecule has 1 aliphatic rings. The molecule has 0 heterocycles. The van der Waals surface area contributed by atoms with E-state index in [-0.39, 0.29) is 17.9 Å². The lowest BCUT2D eigenvalue weighted by atomic mass is 9.80. The third-order valence-electron chi connectivity index (χ3n) is 5.54. The summed E-state index contributed by atoms with van der Waals surface area (Å²) >= 11 is 3.45. The van der Waals surface area contributed by atoms with Crippen LogP contribution in [0, 0.1) is 17.8 Å². The number of rotatable bonds is 9. The number of hydrogen-bond acceptors (Lipinski definition) is 2. The van der Waals surface area contributed by atoms with Gasteiger partial charge in [-0.25, -0.2) is 0 Å². The molecule has 4 heteroatoms. The van der Waals surface area contributed by atoms with E-state index >= 15 is 0 Å². The normalized spacial score (nSPS) is 17.9. The van der Waals surface area contributed by atoms with Gasteiger partial charge in [0, 0.05) is 17.1 Å². The van der Waals surface area contributed by atoms with Gasteiger partial charge in [-0.2, -0.15) is 0 Å². The van der Waals surface area contributed by atoms with Crippen LogP contribution >= 0.6 is 15.9 Å². The Morgan fingerprint density at radius 2 is 1.85 bits per heavy atom. The van der Waals surface area contributed by atoms with Crippen LogP contribution in [0.15, 0.2) is 28.7 Å². The highest BCUT2D eigenvalue weighted by Gasteiger charge is 2.28. The van der Waals surface area contributed by atoms with Crippen LogP contribution in [0.5, 0.6) is 0 Å². The second kappa shape index (κ2) is 11.1. The molecule has 2 rings (SSSR count). The van der Waals surface area contributed by atoms with Gasteiger partial charge in [-0.3, -0.25) is 4.79 Å². The zero-order chi connectivity index (χ0) is 18.9. The molecule has 0 bridgehead atoms. The Bertz CT molecular complexity index is 538. The van der Waals surface area contributed by atoms with Crippen LogP contribution in [-0.4, -0.2) is 18.5 Å². The maximum Gasteiger partial charge on any atom is 0.224 e. The first-order valence-corrected chi connectivity index (χ1v) is 11.0. The molecule has 1 fully saturated rings. The fraction of sp³-hybridized carbons (Fsp3) is 0.682. The SMILES string of the molecule is CC(C)CC(C(=O)NCCc1ccc(Br)cc1)[C@H](N)CC1CCCCC1. The number of hydrogen-bond donors (Lipinski definition) is 2. The second-order valence-electron chi connectivity index (χ2n) is 8.31. The minimum absolute atomic E-state index is 0.0202. The van der Waals surface area contributed by atoms with Gasteiger partial charge < -0.3 is 11.1 Å². The molecule has 0 spiro atoms. The highest BCUT2D eigenvalue weighted by atomic mass is 79.9. The largest absolute Gasteiger partial charge is 0.355 e. The van der Waals surface area contributed by atoms with Crippen molar-refractivity contribution in [2.75, 3.05) is 6.54 Å². The van der Waals surface area contributed by atoms with Crippen LogP contribution in [-0.2, 0) is 11.2 Å². The zero-order valence-electron chi connectivity index (χ0n) is 16.3. The van der Waals surface area contributed by atoms with Crippen LogP contribution in [0.3, 0.4) is 0 Å². The van der Waals surface area contributed by atoms with Gasteiger partial charge in [0.15, 0.2) is 0 Å². The summed E-state index contributed by atoms with van der Waals surface area (Å²) in [5.41, 5.74) is 7.77. The lowest BCUT2D eigenvalue weighted by Gasteiger charge is -2.30. The lowest BCUT2D eigenvalue weighted by Crippen LogP contribution is -2.44. The Balaban J connectivity index is 1.85. The summed E-state index contributed by atoms with van der Waals surface area (Å²) in [5.74, 6) is 1.26. The predicted octanol–water partition coefficient (Wildman–Crippen LogP) is 5.07. The van der Waals surface area contributed by atoms with E-state index in [0.29, 0.717) is 18.4 Å². The number of nitrogens with two attached hydrogens (primary N) is 1. The third-order valence-corrected chi connectivity index (χ3v) is 6.06. The van der Waals surface area contributed by atoms with E-state index in [1.54, 1.807) is 0 Å². The summed E-state index contributed by atoms with van der Waals surface area (Å²) in [7, 11) is 0. The molecule has 2 atom stereocenters. The van der Waals surface area contributed by atoms with Crippen molar-refractivity contribution >= 4 is 21.8 Å². The van der Waals surface area contributed by atoms with E-state index in [1.165, 1.54) is 37.7 Å². The number of benzene rings is 1. The van der Waals surface area contributed by atoms with E-state index in [4.69, 9.17) is 5.73 Å². The van der Waals surface area contributed by atoms with Crippen LogP contribution in [0.25, 0.3) is 0 Å². The Morgan fingerprint density at radius 3 is 2.46 bits per heavy atom. The van der Waals surface area contributed by atoms with Gasteiger partial charge in [0.1, 0.15) is 0 Å². The molecule has 146 valence electrons. The van der Waals surface area contributed by atoms with E-state index in [9.17, 15) is 4.79 Å². The van der Waals surface area contributed by atoms with Crippen molar-refractivity contribution in [1.29, 1.82) is 0 Å². The van der Waals surface area contributed by atoms with Crippen molar-refractivity contribution in [3.8, 4) is 0 Å². The van der Waals surface area contributed by atoms with Gasteiger partial charge in [0.05, 0.1) is 5.92 Å². The van der Waals surface area contributed by atoms with Crippen molar-refractivity contribution in [3.05, 3.63) is 34.3 Å². The molecule has 0 aliphatic heterocycles. The molecule has 1 unspecified atom stereocenters. The highest BCUT2D eigenvalue weighted by molar-refractivity contribution is 9.10. The summed E-state index contributed by atoms with van der Waals surface area (Å²) in [4.78, 5) is 12.8. The number of nitrogens with one attached hydrogen (secondary N) is 1. The van der Waals surface area contributed by atoms with Crippen LogP contribution in [0.1, 0.15) is 64.4 Å². The molecule has 0 saturated heterocycles. The molecule has 3 N–H and O–H groups in total. The molecule has 3 nitrogen and oxygen atoms in total. The van der Waals surface area contributed by atoms with E-state index in [1.807, 2.05) is 12.1 Å². The third kappa shape index (κ3) is 7.40. The van der Waals surface area contributed by atoms with E-state index in [2.05, 4.69) is 47.2 Å². The molecule has 1 aromatic rings. The van der Waals surface area contributed by atoms with Crippen LogP contribution in [0.4, 0.5) is 0 Å². The van der Waals surface area contributed by atoms with Crippen molar-refractivity contribution in [2.45, 2.75) is 71.3 Å². The highest BCUT2D eigenvalue weighted by Crippen LogP contribution is 2.29. The fourth-order valence-electron chi connectivity index (χ4n) is 4.07. The molecule has 26 heavy (non-hydrogen) atoms. The minimum atomic E-state index is -0.0677. The summed E-state index contributed by atoms with van der Waals surface area (Å²) in [6, 6.07) is 8.25. The van der Waals surface area contributed by atoms with Crippen molar-refractivity contribution in [1.82, 2.24) is 5.32 Å². The first kappa shape index (κ1) is 21.4. The lowest BCUT2D eigenvalue weighted by molar-refractivity contribution is -0.126. The van der Waals surface area contributed by atoms with Crippen molar-refractivity contribution in [3.63, 3.8) is 0 Å². The molecule has 1 aliphatic carbocycles. The van der Waals surface area contributed by atoms with Crippen LogP contribution < -0.4 is 11.1 Å². The average molecular weight is 423 g/mol. The molecular formula is C22H35BrN2O. The first-order chi connectivity index (χ1) is 12.5. The maximum absolute atomic E-state index is 12.8. The zero-order valence-corrected chi connectivity index (χ0v) is 17.9. The summed E-state index contributed by atoms with van der Waals surface area (Å²) in [6.07, 6.45) is 9.30. The quantitative estimate of drug-likeness (QED) is 0.583. The Labute approximate surface area is 167 Å². The molecule has 1 saturated carbocycles. The Kier molecular flexibility index (Phi) is 9.13. The molecule has 1 amide bonds. The summed E-state index contributed by atoms with van der Waals surface area (Å²) < 4.78 is 1.08. The average Bonchev–Trinajstić information content (AvgIpc) is 2.62. The standard InChI is InChI=1S/C22H35BrN2O/c1-16(2)14-20(21(24)15-18-6-4-3-5-7-18)22(26)25-13-12-17-8-10-19(23)11-9-17/h8-11,16,18,20-21H,3-7,12-15,24H2,1-2H3,(H,25,26)/t20?,21-/m1/s1. The number of halogens is 1. The van der Waals surface area contributed by atoms with Crippen LogP contribution in [0.2, 0.25) is 0 Å². The Morgan fingerprint density at radius 1 is 1.19 bits per heavy atom. The van der Waals surface area contributed by atoms with E-state index in [0.717, 1.165) is 23.7 Å². The van der Waals surface area contributed by atoms with Crippen molar-refractivity contribution in [2.24, 2.45) is 23.5 Å². The van der Waals surface area contributed by atoms with Gasteiger partial charge in [0.2, 0.25) is 5.91 Å². The smallest absolute Gasteiger partial charge is 0.224 e. The Hall–Kier alpha value is -0.870. The van der Waals surface area contributed by atoms with Gasteiger partial charge in [-0.15, -0.1) is 0 Å². The predicted molar refractivity (Wildman–Crippen MR) is 113 cm³/mol. The van der Waals surface area contributed by atoms with Gasteiger partial charge in [-0.05, 0) is 48.8 Å². The van der Waals surface area contributed by atoms with Crippen molar-refractivity contribution < 1.29 is 4.79 Å². The maximum atomic E-state index is 12.8. The van der Waals surface area contributed by atoms with Gasteiger partial charge in [-0.1, -0.05) is 74.0 Å². The fourth-order valence-corrected chi connectivity index (χ4v) is 4.33. The summed E-state index contributed by atoms with van der Waals surface area (Å²) in [6.45, 7) is 5.02. The summed E-state index contributed by atoms with van der Waals surface area (Å²) in [5, 5.41) is 3.14. The molecule has 0 aromatic heterocycles. The monoisotopic (exact) mass is 422 g/mol. The topological polar surface area (TPSA) is 55.1 Å². The molecule has 1 aromatic carbocycles. The molecular weight excluding hydrogens is 388 g/mol. The second-order valence-corrected chi connectivity index (χ2v) is 9.22. The van der Waals surface area contributed by atoms with E-state index < -0.39 is 0 Å². The van der Waals surface area contributed by atoms with Gasteiger partial charge >= 0.3 is 0 Å².